The first-order valence-electron chi connectivity index (χ1n) is 9.94. The Morgan fingerprint density at radius 3 is 2.00 bits per heavy atom. The van der Waals surface area contributed by atoms with Gasteiger partial charge in [-0.2, -0.15) is 0 Å². The Hall–Kier alpha value is -2.12. The highest BCUT2D eigenvalue weighted by Gasteiger charge is 2.45. The number of fused-ring (bicyclic) bond motifs is 1. The van der Waals surface area contributed by atoms with E-state index in [-0.39, 0.29) is 0 Å². The summed E-state index contributed by atoms with van der Waals surface area (Å²) in [6.07, 6.45) is 15.4. The maximum Gasteiger partial charge on any atom is 0.106 e. The van der Waals surface area contributed by atoms with Crippen LogP contribution in [0.1, 0.15) is 19.3 Å². The van der Waals surface area contributed by atoms with Crippen molar-refractivity contribution in [3.63, 3.8) is 0 Å². The first-order valence-corrected chi connectivity index (χ1v) is 11.8. The first-order chi connectivity index (χ1) is 12.9. The van der Waals surface area contributed by atoms with Crippen LogP contribution in [0, 0.1) is 17.8 Å². The van der Waals surface area contributed by atoms with Crippen molar-refractivity contribution in [3.05, 3.63) is 97.6 Å². The minimum atomic E-state index is -1.28. The maximum atomic E-state index is 3.95. The molecule has 1 heteroatoms. The summed E-state index contributed by atoms with van der Waals surface area (Å²) in [7, 11) is -1.28. The predicted octanol–water partition coefficient (Wildman–Crippen LogP) is 4.74. The van der Waals surface area contributed by atoms with Gasteiger partial charge >= 0.3 is 0 Å². The zero-order valence-electron chi connectivity index (χ0n) is 15.4. The molecule has 0 radical (unpaired) electrons. The second kappa shape index (κ2) is 8.05. The molecule has 2 aromatic carbocycles. The predicted molar refractivity (Wildman–Crippen MR) is 116 cm³/mol. The third kappa shape index (κ3) is 3.41. The molecule has 26 heavy (non-hydrogen) atoms. The smallest absolute Gasteiger partial charge is 0.103 e. The second-order valence-corrected chi connectivity index (χ2v) is 10.9. The molecule has 2 aliphatic rings. The molecule has 2 aromatic rings. The lowest BCUT2D eigenvalue weighted by atomic mass is 9.84. The van der Waals surface area contributed by atoms with Crippen LogP contribution in [0.4, 0.5) is 0 Å². The van der Waals surface area contributed by atoms with E-state index in [2.05, 4.69) is 97.6 Å². The average Bonchev–Trinajstić information content (AvgIpc) is 3.07. The molecule has 0 aromatic heterocycles. The Labute approximate surface area is 159 Å². The quantitative estimate of drug-likeness (QED) is 0.518. The molecule has 4 rings (SSSR count). The van der Waals surface area contributed by atoms with E-state index in [1.54, 1.807) is 10.4 Å². The molecule has 0 spiro atoms. The van der Waals surface area contributed by atoms with Gasteiger partial charge in [0.05, 0.1) is 0 Å². The highest BCUT2D eigenvalue weighted by molar-refractivity contribution is 6.86. The van der Waals surface area contributed by atoms with Crippen molar-refractivity contribution in [1.29, 1.82) is 0 Å². The number of benzene rings is 2. The molecule has 0 nitrogen and oxygen atoms in total. The fourth-order valence-corrected chi connectivity index (χ4v) is 9.31. The minimum absolute atomic E-state index is 0.701. The van der Waals surface area contributed by atoms with Gasteiger partial charge in [-0.05, 0) is 42.6 Å². The highest BCUT2D eigenvalue weighted by Crippen LogP contribution is 2.51. The Balaban J connectivity index is 1.72. The molecule has 0 aliphatic heterocycles. The topological polar surface area (TPSA) is 0 Å². The number of hydrogen-bond acceptors (Lipinski definition) is 0. The first kappa shape index (κ1) is 17.3. The van der Waals surface area contributed by atoms with E-state index in [1.165, 1.54) is 12.8 Å². The zero-order valence-corrected chi connectivity index (χ0v) is 16.5. The summed E-state index contributed by atoms with van der Waals surface area (Å²) in [5, 5.41) is 3.18. The summed E-state index contributed by atoms with van der Waals surface area (Å²) in [5.41, 5.74) is 0.792. The molecule has 4 atom stereocenters. The summed E-state index contributed by atoms with van der Waals surface area (Å²) in [6.45, 7) is 3.95. The number of allylic oxidation sites excluding steroid dienone is 5. The molecule has 4 unspecified atom stereocenters. The average molecular weight is 357 g/mol. The minimum Gasteiger partial charge on any atom is -0.103 e. The molecule has 0 saturated heterocycles. The van der Waals surface area contributed by atoms with Crippen LogP contribution in [0.25, 0.3) is 0 Å². The number of rotatable bonds is 6. The van der Waals surface area contributed by atoms with E-state index in [0.717, 1.165) is 17.9 Å². The number of hydrogen-bond donors (Lipinski definition) is 0. The molecule has 1 fully saturated rings. The van der Waals surface area contributed by atoms with Gasteiger partial charge in [-0.25, -0.2) is 0 Å². The molecule has 0 bridgehead atoms. The van der Waals surface area contributed by atoms with Crippen LogP contribution in [0.2, 0.25) is 5.54 Å². The SMILES string of the molecule is C=CCCC1CC([SiH](c2ccccc2)c2ccccc2)C2C=CC=CC12. The Morgan fingerprint density at radius 2 is 1.42 bits per heavy atom. The van der Waals surface area contributed by atoms with Crippen LogP contribution in [-0.2, 0) is 0 Å². The standard InChI is InChI=1S/C25H28Si/c1-2-3-12-20-19-25(24-18-11-10-17-23(20)24)26(21-13-6-4-7-14-21)22-15-8-5-9-16-22/h2,4-11,13-18,20,23-26H,1,3,12,19H2. The van der Waals surface area contributed by atoms with Gasteiger partial charge in [0.25, 0.3) is 0 Å². The normalized spacial score (nSPS) is 26.8. The fourth-order valence-electron chi connectivity index (χ4n) is 5.21. The lowest BCUT2D eigenvalue weighted by molar-refractivity contribution is 0.396. The molecule has 1 saturated carbocycles. The molecule has 0 amide bonds. The van der Waals surface area contributed by atoms with Crippen LogP contribution in [0.15, 0.2) is 97.6 Å². The van der Waals surface area contributed by atoms with Crippen LogP contribution in [-0.4, -0.2) is 8.80 Å². The van der Waals surface area contributed by atoms with Crippen molar-refractivity contribution >= 4 is 19.2 Å². The van der Waals surface area contributed by atoms with Gasteiger partial charge in [-0.1, -0.05) is 101 Å². The Bertz CT molecular complexity index is 735. The van der Waals surface area contributed by atoms with Crippen LogP contribution in [0.3, 0.4) is 0 Å². The molecular formula is C25H28Si. The van der Waals surface area contributed by atoms with Crippen molar-refractivity contribution < 1.29 is 0 Å². The highest BCUT2D eigenvalue weighted by atomic mass is 28.3. The molecule has 132 valence electrons. The van der Waals surface area contributed by atoms with Crippen molar-refractivity contribution in [2.45, 2.75) is 24.8 Å². The van der Waals surface area contributed by atoms with Crippen molar-refractivity contribution in [2.24, 2.45) is 17.8 Å². The summed E-state index contributed by atoms with van der Waals surface area (Å²) in [4.78, 5) is 0. The third-order valence-electron chi connectivity index (χ3n) is 6.32. The van der Waals surface area contributed by atoms with Crippen molar-refractivity contribution in [3.8, 4) is 0 Å². The van der Waals surface area contributed by atoms with Gasteiger partial charge < -0.3 is 0 Å². The van der Waals surface area contributed by atoms with E-state index in [4.69, 9.17) is 0 Å². The summed E-state index contributed by atoms with van der Waals surface area (Å²) in [5.74, 6) is 2.21. The van der Waals surface area contributed by atoms with Crippen LogP contribution < -0.4 is 10.4 Å². The third-order valence-corrected chi connectivity index (χ3v) is 10.1. The van der Waals surface area contributed by atoms with Crippen LogP contribution in [0.5, 0.6) is 0 Å². The molecular weight excluding hydrogens is 328 g/mol. The molecule has 0 heterocycles. The van der Waals surface area contributed by atoms with Crippen molar-refractivity contribution in [1.82, 2.24) is 0 Å². The Kier molecular flexibility index (Phi) is 5.36. The summed E-state index contributed by atoms with van der Waals surface area (Å²) in [6, 6.07) is 22.7. The van der Waals surface area contributed by atoms with Gasteiger partial charge in [-0.3, -0.25) is 0 Å². The zero-order chi connectivity index (χ0) is 17.8. The van der Waals surface area contributed by atoms with Gasteiger partial charge in [0.2, 0.25) is 0 Å². The van der Waals surface area contributed by atoms with E-state index in [9.17, 15) is 0 Å². The van der Waals surface area contributed by atoms with Gasteiger partial charge in [0, 0.05) is 0 Å². The molecule has 0 N–H and O–H groups in total. The fraction of sp³-hybridized carbons (Fsp3) is 0.280. The molecule has 2 aliphatic carbocycles. The summed E-state index contributed by atoms with van der Waals surface area (Å²) >= 11 is 0. The van der Waals surface area contributed by atoms with Gasteiger partial charge in [0.1, 0.15) is 8.80 Å². The maximum absolute atomic E-state index is 3.95. The monoisotopic (exact) mass is 356 g/mol. The lowest BCUT2D eigenvalue weighted by Gasteiger charge is -2.29. The van der Waals surface area contributed by atoms with Crippen molar-refractivity contribution in [2.75, 3.05) is 0 Å². The van der Waals surface area contributed by atoms with Crippen LogP contribution >= 0.6 is 0 Å². The lowest BCUT2D eigenvalue weighted by Crippen LogP contribution is -2.47. The van der Waals surface area contributed by atoms with E-state index < -0.39 is 8.80 Å². The van der Waals surface area contributed by atoms with E-state index in [0.29, 0.717) is 11.8 Å². The van der Waals surface area contributed by atoms with Gasteiger partial charge in [-0.15, -0.1) is 6.58 Å². The van der Waals surface area contributed by atoms with E-state index in [1.807, 2.05) is 0 Å². The van der Waals surface area contributed by atoms with Gasteiger partial charge in [0.15, 0.2) is 0 Å². The summed E-state index contributed by atoms with van der Waals surface area (Å²) < 4.78 is 0. The van der Waals surface area contributed by atoms with E-state index >= 15 is 0 Å². The largest absolute Gasteiger partial charge is 0.106 e. The Morgan fingerprint density at radius 1 is 0.846 bits per heavy atom. The second-order valence-electron chi connectivity index (χ2n) is 7.75.